The highest BCUT2D eigenvalue weighted by Gasteiger charge is 2.18. The summed E-state index contributed by atoms with van der Waals surface area (Å²) in [6.07, 6.45) is 0.739. The molecule has 0 saturated carbocycles. The van der Waals surface area contributed by atoms with Gasteiger partial charge in [0.15, 0.2) is 5.69 Å². The second-order valence-corrected chi connectivity index (χ2v) is 8.77. The van der Waals surface area contributed by atoms with Crippen molar-refractivity contribution < 1.29 is 13.5 Å². The van der Waals surface area contributed by atoms with Gasteiger partial charge in [-0.25, -0.2) is 9.07 Å². The molecular formula is C26H21FN4O3S. The van der Waals surface area contributed by atoms with E-state index in [4.69, 9.17) is 9.15 Å². The zero-order valence-electron chi connectivity index (χ0n) is 18.6. The summed E-state index contributed by atoms with van der Waals surface area (Å²) in [5.41, 5.74) is 1.26. The van der Waals surface area contributed by atoms with E-state index in [-0.39, 0.29) is 17.3 Å². The van der Waals surface area contributed by atoms with Crippen molar-refractivity contribution in [1.29, 1.82) is 0 Å². The Balaban J connectivity index is 1.30. The molecule has 5 rings (SSSR count). The third kappa shape index (κ3) is 5.41. The van der Waals surface area contributed by atoms with E-state index in [0.29, 0.717) is 46.3 Å². The van der Waals surface area contributed by atoms with E-state index < -0.39 is 0 Å². The Labute approximate surface area is 204 Å². The Morgan fingerprint density at radius 1 is 0.914 bits per heavy atom. The van der Waals surface area contributed by atoms with Crippen molar-refractivity contribution in [3.63, 3.8) is 0 Å². The first kappa shape index (κ1) is 22.8. The fourth-order valence-electron chi connectivity index (χ4n) is 3.56. The fourth-order valence-corrected chi connectivity index (χ4v) is 4.23. The maximum Gasteiger partial charge on any atom is 0.276 e. The molecule has 35 heavy (non-hydrogen) atoms. The van der Waals surface area contributed by atoms with Crippen LogP contribution in [0, 0.1) is 5.82 Å². The summed E-state index contributed by atoms with van der Waals surface area (Å²) in [5, 5.41) is 14.5. The second-order valence-electron chi connectivity index (χ2n) is 7.72. The molecule has 0 saturated heterocycles. The molecule has 0 aliphatic carbocycles. The number of fused-ring (bicyclic) bond motifs is 1. The molecule has 0 N–H and O–H groups in total. The molecule has 0 aliphatic heterocycles. The first-order chi connectivity index (χ1) is 17.2. The van der Waals surface area contributed by atoms with Gasteiger partial charge in [-0.15, -0.1) is 10.2 Å². The normalized spacial score (nSPS) is 11.1. The van der Waals surface area contributed by atoms with E-state index in [1.807, 2.05) is 48.5 Å². The summed E-state index contributed by atoms with van der Waals surface area (Å²) in [6.45, 7) is 0.817. The Morgan fingerprint density at radius 3 is 2.46 bits per heavy atom. The smallest absolute Gasteiger partial charge is 0.276 e. The molecule has 7 nitrogen and oxygen atoms in total. The molecule has 0 atom stereocenters. The van der Waals surface area contributed by atoms with Gasteiger partial charge in [-0.3, -0.25) is 4.79 Å². The van der Waals surface area contributed by atoms with Gasteiger partial charge in [0.2, 0.25) is 0 Å². The summed E-state index contributed by atoms with van der Waals surface area (Å²) in [6, 6.07) is 22.9. The maximum atomic E-state index is 13.0. The molecule has 0 fully saturated rings. The van der Waals surface area contributed by atoms with Crippen LogP contribution in [-0.2, 0) is 6.54 Å². The Morgan fingerprint density at radius 2 is 1.66 bits per heavy atom. The van der Waals surface area contributed by atoms with Gasteiger partial charge < -0.3 is 9.15 Å². The van der Waals surface area contributed by atoms with Gasteiger partial charge >= 0.3 is 0 Å². The lowest BCUT2D eigenvalue weighted by Crippen LogP contribution is -2.24. The molecule has 0 aliphatic rings. The molecule has 2 heterocycles. The predicted octanol–water partition coefficient (Wildman–Crippen LogP) is 5.20. The Kier molecular flexibility index (Phi) is 6.85. The topological polar surface area (TPSA) is 83.0 Å². The first-order valence-corrected chi connectivity index (χ1v) is 12.0. The molecule has 9 heteroatoms. The minimum atomic E-state index is -0.294. The fraction of sp³-hybridized carbons (Fsp3) is 0.154. The third-order valence-corrected chi connectivity index (χ3v) is 6.15. The van der Waals surface area contributed by atoms with Gasteiger partial charge in [0.1, 0.15) is 11.6 Å². The van der Waals surface area contributed by atoms with Crippen LogP contribution in [0.25, 0.3) is 22.4 Å². The van der Waals surface area contributed by atoms with Crippen LogP contribution < -0.4 is 10.3 Å². The molecule has 0 bridgehead atoms. The molecule has 2 aromatic heterocycles. The van der Waals surface area contributed by atoms with Gasteiger partial charge in [0.05, 0.1) is 18.5 Å². The van der Waals surface area contributed by atoms with E-state index in [1.54, 1.807) is 18.2 Å². The molecule has 176 valence electrons. The van der Waals surface area contributed by atoms with Gasteiger partial charge in [-0.2, -0.15) is 5.10 Å². The highest BCUT2D eigenvalue weighted by molar-refractivity contribution is 7.99. The van der Waals surface area contributed by atoms with Crippen molar-refractivity contribution in [2.75, 3.05) is 12.4 Å². The van der Waals surface area contributed by atoms with Gasteiger partial charge in [0.25, 0.3) is 16.7 Å². The number of hydrogen-bond donors (Lipinski definition) is 0. The number of halogens is 1. The van der Waals surface area contributed by atoms with E-state index in [2.05, 4.69) is 15.3 Å². The monoisotopic (exact) mass is 488 g/mol. The van der Waals surface area contributed by atoms with Crippen LogP contribution in [0.2, 0.25) is 0 Å². The number of rotatable bonds is 9. The van der Waals surface area contributed by atoms with Crippen molar-refractivity contribution in [2.24, 2.45) is 0 Å². The molecule has 0 spiro atoms. The summed E-state index contributed by atoms with van der Waals surface area (Å²) >= 11 is 1.41. The van der Waals surface area contributed by atoms with Crippen LogP contribution in [0.1, 0.15) is 12.0 Å². The lowest BCUT2D eigenvalue weighted by molar-refractivity contribution is 0.318. The second kappa shape index (κ2) is 10.5. The average Bonchev–Trinajstić information content (AvgIpc) is 3.36. The number of aromatic nitrogens is 4. The molecular weight excluding hydrogens is 467 g/mol. The predicted molar refractivity (Wildman–Crippen MR) is 132 cm³/mol. The van der Waals surface area contributed by atoms with E-state index in [1.165, 1.54) is 28.6 Å². The van der Waals surface area contributed by atoms with Crippen LogP contribution >= 0.6 is 11.8 Å². The molecule has 0 radical (unpaired) electrons. The van der Waals surface area contributed by atoms with E-state index in [9.17, 15) is 9.18 Å². The summed E-state index contributed by atoms with van der Waals surface area (Å²) in [7, 11) is 0. The number of thioether (sulfide) groups is 1. The van der Waals surface area contributed by atoms with Crippen molar-refractivity contribution >= 4 is 22.5 Å². The highest BCUT2D eigenvalue weighted by atomic mass is 32.2. The zero-order valence-corrected chi connectivity index (χ0v) is 19.5. The van der Waals surface area contributed by atoms with Crippen molar-refractivity contribution in [2.45, 2.75) is 18.2 Å². The van der Waals surface area contributed by atoms with Crippen LogP contribution in [0.15, 0.2) is 93.3 Å². The largest absolute Gasteiger partial charge is 0.494 e. The quantitative estimate of drug-likeness (QED) is 0.208. The zero-order chi connectivity index (χ0) is 24.0. The molecule has 3 aromatic carbocycles. The standard InChI is InChI=1S/C26H21FN4O3S/c27-19-11-13-20(14-12-19)33-15-6-16-35-26-29-28-24(34-26)23-21-9-4-5-10-22(21)25(32)31(30-23)17-18-7-2-1-3-8-18/h1-5,7-14H,6,15-17H2. The summed E-state index contributed by atoms with van der Waals surface area (Å²) in [5.74, 6) is 1.29. The number of nitrogens with zero attached hydrogens (tertiary/aromatic N) is 4. The minimum absolute atomic E-state index is 0.177. The molecule has 0 unspecified atom stereocenters. The van der Waals surface area contributed by atoms with Crippen LogP contribution in [0.3, 0.4) is 0 Å². The SMILES string of the molecule is O=c1c2ccccc2c(-c2nnc(SCCCOc3ccc(F)cc3)o2)nn1Cc1ccccc1. The lowest BCUT2D eigenvalue weighted by Gasteiger charge is -2.09. The van der Waals surface area contributed by atoms with E-state index >= 15 is 0 Å². The summed E-state index contributed by atoms with van der Waals surface area (Å²) < 4.78 is 25.9. The Hall–Kier alpha value is -3.98. The molecule has 5 aromatic rings. The van der Waals surface area contributed by atoms with Crippen LogP contribution in [0.4, 0.5) is 4.39 Å². The summed E-state index contributed by atoms with van der Waals surface area (Å²) in [4.78, 5) is 13.0. The first-order valence-electron chi connectivity index (χ1n) is 11.1. The lowest BCUT2D eigenvalue weighted by atomic mass is 10.1. The van der Waals surface area contributed by atoms with Crippen molar-refractivity contribution in [1.82, 2.24) is 20.0 Å². The van der Waals surface area contributed by atoms with E-state index in [0.717, 1.165) is 12.0 Å². The van der Waals surface area contributed by atoms with Crippen molar-refractivity contribution in [3.05, 3.63) is 101 Å². The molecule has 0 amide bonds. The van der Waals surface area contributed by atoms with Crippen LogP contribution in [-0.4, -0.2) is 32.3 Å². The van der Waals surface area contributed by atoms with Gasteiger partial charge in [-0.1, -0.05) is 60.3 Å². The maximum absolute atomic E-state index is 13.0. The highest BCUT2D eigenvalue weighted by Crippen LogP contribution is 2.27. The minimum Gasteiger partial charge on any atom is -0.494 e. The van der Waals surface area contributed by atoms with Gasteiger partial charge in [-0.05, 0) is 42.3 Å². The average molecular weight is 489 g/mol. The number of benzene rings is 3. The van der Waals surface area contributed by atoms with Crippen molar-refractivity contribution in [3.8, 4) is 17.3 Å². The van der Waals surface area contributed by atoms with Crippen LogP contribution in [0.5, 0.6) is 5.75 Å². The van der Waals surface area contributed by atoms with Gasteiger partial charge in [0, 0.05) is 11.1 Å². The number of ether oxygens (including phenoxy) is 1. The number of hydrogen-bond acceptors (Lipinski definition) is 7. The Bertz CT molecular complexity index is 1490. The third-order valence-electron chi connectivity index (χ3n) is 5.25.